The number of benzene rings is 2. The molecule has 11 heteroatoms. The van der Waals surface area contributed by atoms with Gasteiger partial charge in [-0.3, -0.25) is 9.59 Å². The van der Waals surface area contributed by atoms with Crippen molar-refractivity contribution in [2.24, 2.45) is 0 Å². The Labute approximate surface area is 176 Å². The Bertz CT molecular complexity index is 1120. The molecule has 0 aliphatic carbocycles. The summed E-state index contributed by atoms with van der Waals surface area (Å²) in [5.74, 6) is -11.8. The van der Waals surface area contributed by atoms with E-state index in [0.717, 1.165) is 16.9 Å². The summed E-state index contributed by atoms with van der Waals surface area (Å²) in [5, 5.41) is 6.66. The molecule has 1 aromatic heterocycles. The molecule has 0 spiro atoms. The zero-order valence-electron chi connectivity index (χ0n) is 15.9. The Morgan fingerprint density at radius 1 is 0.935 bits per heavy atom. The van der Waals surface area contributed by atoms with Gasteiger partial charge in [0.1, 0.15) is 0 Å². The monoisotopic (exact) mass is 455 g/mol. The van der Waals surface area contributed by atoms with Crippen molar-refractivity contribution in [2.75, 3.05) is 5.32 Å². The van der Waals surface area contributed by atoms with Crippen LogP contribution in [-0.4, -0.2) is 16.8 Å². The van der Waals surface area contributed by atoms with Crippen LogP contribution in [0.25, 0.3) is 11.3 Å². The normalized spacial score (nSPS) is 10.8. The van der Waals surface area contributed by atoms with Crippen LogP contribution in [0, 0.1) is 29.1 Å². The van der Waals surface area contributed by atoms with Gasteiger partial charge in [0, 0.05) is 30.0 Å². The SMILES string of the molecule is CC(=O)NCc1ccc(-c2csc(NC(=O)Cc3c(F)c(F)c(F)c(F)c3F)n2)cc1. The van der Waals surface area contributed by atoms with Gasteiger partial charge in [0.05, 0.1) is 12.1 Å². The molecule has 31 heavy (non-hydrogen) atoms. The van der Waals surface area contributed by atoms with Crippen molar-refractivity contribution >= 4 is 28.3 Å². The highest BCUT2D eigenvalue weighted by Crippen LogP contribution is 2.27. The van der Waals surface area contributed by atoms with Crippen LogP contribution in [-0.2, 0) is 22.6 Å². The molecule has 0 aliphatic rings. The summed E-state index contributed by atoms with van der Waals surface area (Å²) in [6, 6.07) is 7.08. The lowest BCUT2D eigenvalue weighted by Gasteiger charge is -2.08. The number of amides is 2. The van der Waals surface area contributed by atoms with Gasteiger partial charge in [0.2, 0.25) is 17.6 Å². The maximum absolute atomic E-state index is 13.7. The third-order valence-electron chi connectivity index (χ3n) is 4.18. The molecule has 2 amide bonds. The number of halogens is 5. The van der Waals surface area contributed by atoms with Gasteiger partial charge in [-0.25, -0.2) is 26.9 Å². The summed E-state index contributed by atoms with van der Waals surface area (Å²) in [4.78, 5) is 27.2. The van der Waals surface area contributed by atoms with E-state index < -0.39 is 47.0 Å². The van der Waals surface area contributed by atoms with E-state index >= 15 is 0 Å². The van der Waals surface area contributed by atoms with E-state index in [4.69, 9.17) is 0 Å². The fourth-order valence-electron chi connectivity index (χ4n) is 2.61. The molecular weight excluding hydrogens is 441 g/mol. The number of hydrogen-bond donors (Lipinski definition) is 2. The van der Waals surface area contributed by atoms with Crippen molar-refractivity contribution in [2.45, 2.75) is 19.9 Å². The Kier molecular flexibility index (Phi) is 6.64. The highest BCUT2D eigenvalue weighted by molar-refractivity contribution is 7.14. The summed E-state index contributed by atoms with van der Waals surface area (Å²) in [7, 11) is 0. The summed E-state index contributed by atoms with van der Waals surface area (Å²) in [6.07, 6.45) is -1.06. The Morgan fingerprint density at radius 3 is 2.10 bits per heavy atom. The fourth-order valence-corrected chi connectivity index (χ4v) is 3.35. The topological polar surface area (TPSA) is 71.1 Å². The van der Waals surface area contributed by atoms with E-state index in [-0.39, 0.29) is 11.0 Å². The fraction of sp³-hybridized carbons (Fsp3) is 0.150. The van der Waals surface area contributed by atoms with Gasteiger partial charge < -0.3 is 10.6 Å². The lowest BCUT2D eigenvalue weighted by molar-refractivity contribution is -0.119. The molecule has 0 saturated heterocycles. The Balaban J connectivity index is 1.69. The first-order valence-corrected chi connectivity index (χ1v) is 9.64. The lowest BCUT2D eigenvalue weighted by atomic mass is 10.1. The van der Waals surface area contributed by atoms with Crippen LogP contribution < -0.4 is 10.6 Å². The molecule has 162 valence electrons. The lowest BCUT2D eigenvalue weighted by Crippen LogP contribution is -2.18. The molecule has 0 atom stereocenters. The minimum Gasteiger partial charge on any atom is -0.352 e. The smallest absolute Gasteiger partial charge is 0.230 e. The molecule has 0 aliphatic heterocycles. The molecule has 0 bridgehead atoms. The molecule has 0 radical (unpaired) electrons. The molecule has 1 heterocycles. The van der Waals surface area contributed by atoms with Crippen LogP contribution in [0.1, 0.15) is 18.1 Å². The minimum absolute atomic E-state index is 0.0891. The van der Waals surface area contributed by atoms with Gasteiger partial charge in [0.25, 0.3) is 0 Å². The van der Waals surface area contributed by atoms with Crippen molar-refractivity contribution in [3.8, 4) is 11.3 Å². The van der Waals surface area contributed by atoms with Crippen LogP contribution in [0.4, 0.5) is 27.1 Å². The van der Waals surface area contributed by atoms with Crippen LogP contribution in [0.3, 0.4) is 0 Å². The van der Waals surface area contributed by atoms with Gasteiger partial charge in [-0.1, -0.05) is 24.3 Å². The van der Waals surface area contributed by atoms with Crippen molar-refractivity contribution in [3.63, 3.8) is 0 Å². The van der Waals surface area contributed by atoms with Gasteiger partial charge in [-0.15, -0.1) is 11.3 Å². The van der Waals surface area contributed by atoms with Gasteiger partial charge >= 0.3 is 0 Å². The highest BCUT2D eigenvalue weighted by atomic mass is 32.1. The zero-order valence-corrected chi connectivity index (χ0v) is 16.7. The maximum Gasteiger partial charge on any atom is 0.230 e. The number of carbonyl (C=O) groups excluding carboxylic acids is 2. The average molecular weight is 455 g/mol. The number of carbonyl (C=O) groups is 2. The molecule has 0 unspecified atom stereocenters. The van der Waals surface area contributed by atoms with Gasteiger partial charge in [-0.2, -0.15) is 0 Å². The number of anilines is 1. The Morgan fingerprint density at radius 2 is 1.52 bits per heavy atom. The van der Waals surface area contributed by atoms with Crippen LogP contribution >= 0.6 is 11.3 Å². The first-order valence-electron chi connectivity index (χ1n) is 8.76. The second-order valence-corrected chi connectivity index (χ2v) is 7.28. The van der Waals surface area contributed by atoms with E-state index in [0.29, 0.717) is 17.8 Å². The average Bonchev–Trinajstić information content (AvgIpc) is 3.21. The summed E-state index contributed by atoms with van der Waals surface area (Å²) in [6.45, 7) is 1.77. The largest absolute Gasteiger partial charge is 0.352 e. The van der Waals surface area contributed by atoms with Crippen molar-refractivity contribution in [1.82, 2.24) is 10.3 Å². The van der Waals surface area contributed by atoms with E-state index in [1.165, 1.54) is 6.92 Å². The van der Waals surface area contributed by atoms with Gasteiger partial charge in [0.15, 0.2) is 28.4 Å². The molecule has 0 saturated carbocycles. The van der Waals surface area contributed by atoms with Crippen molar-refractivity contribution in [1.29, 1.82) is 0 Å². The number of thiazole rings is 1. The predicted octanol–water partition coefficient (Wildman–Crippen LogP) is 4.32. The predicted molar refractivity (Wildman–Crippen MR) is 104 cm³/mol. The van der Waals surface area contributed by atoms with Crippen LogP contribution in [0.15, 0.2) is 29.6 Å². The Hall–Kier alpha value is -3.34. The van der Waals surface area contributed by atoms with E-state index in [1.54, 1.807) is 29.6 Å². The van der Waals surface area contributed by atoms with E-state index in [9.17, 15) is 31.5 Å². The molecular formula is C20H14F5N3O2S. The number of hydrogen-bond acceptors (Lipinski definition) is 4. The molecule has 0 fully saturated rings. The maximum atomic E-state index is 13.7. The highest BCUT2D eigenvalue weighted by Gasteiger charge is 2.27. The number of nitrogens with zero attached hydrogens (tertiary/aromatic N) is 1. The van der Waals surface area contributed by atoms with E-state index in [1.807, 2.05) is 0 Å². The standard InChI is InChI=1S/C20H14F5N3O2S/c1-9(29)26-7-10-2-4-11(5-3-10)13-8-31-20(27-13)28-14(30)6-12-15(21)17(23)19(25)18(24)16(12)22/h2-5,8H,6-7H2,1H3,(H,26,29)(H,27,28,30). The first-order chi connectivity index (χ1) is 14.7. The molecule has 3 aromatic rings. The van der Waals surface area contributed by atoms with Crippen molar-refractivity contribution < 1.29 is 31.5 Å². The molecule has 5 nitrogen and oxygen atoms in total. The quantitative estimate of drug-likeness (QED) is 0.330. The van der Waals surface area contributed by atoms with Crippen molar-refractivity contribution in [3.05, 3.63) is 69.9 Å². The van der Waals surface area contributed by atoms with Gasteiger partial charge in [-0.05, 0) is 5.56 Å². The minimum atomic E-state index is -2.29. The number of nitrogens with one attached hydrogen (secondary N) is 2. The van der Waals surface area contributed by atoms with Crippen LogP contribution in [0.5, 0.6) is 0 Å². The molecule has 2 N–H and O–H groups in total. The third kappa shape index (κ3) is 5.05. The molecule has 3 rings (SSSR count). The number of aromatic nitrogens is 1. The summed E-state index contributed by atoms with van der Waals surface area (Å²) >= 11 is 1.02. The molecule has 2 aromatic carbocycles. The first kappa shape index (κ1) is 22.3. The second-order valence-electron chi connectivity index (χ2n) is 6.42. The number of rotatable bonds is 6. The van der Waals surface area contributed by atoms with E-state index in [2.05, 4.69) is 15.6 Å². The second kappa shape index (κ2) is 9.21. The summed E-state index contributed by atoms with van der Waals surface area (Å²) in [5.41, 5.74) is 0.858. The zero-order chi connectivity index (χ0) is 22.7. The summed E-state index contributed by atoms with van der Waals surface area (Å²) < 4.78 is 67.1. The van der Waals surface area contributed by atoms with Crippen LogP contribution in [0.2, 0.25) is 0 Å². The third-order valence-corrected chi connectivity index (χ3v) is 4.94.